The number of carbonyl (C=O) groups excluding carboxylic acids is 3. The van der Waals surface area contributed by atoms with E-state index in [1.54, 1.807) is 12.1 Å². The zero-order valence-corrected chi connectivity index (χ0v) is 17.7. The van der Waals surface area contributed by atoms with Crippen molar-refractivity contribution in [2.45, 2.75) is 13.1 Å². The minimum absolute atomic E-state index is 0.199. The van der Waals surface area contributed by atoms with Crippen molar-refractivity contribution in [3.8, 4) is 5.75 Å². The third kappa shape index (κ3) is 6.18. The summed E-state index contributed by atoms with van der Waals surface area (Å²) >= 11 is 0. The number of benzene rings is 3. The van der Waals surface area contributed by atoms with Crippen LogP contribution in [0.25, 0.3) is 0 Å². The summed E-state index contributed by atoms with van der Waals surface area (Å²) in [5, 5.41) is 4.33. The van der Waals surface area contributed by atoms with E-state index >= 15 is 0 Å². The SMILES string of the molecule is CC(=O)c1cccc(OCC(=O)Nc2ccc(NC(=O)c3ccccc3F)cc2C(F)(F)F)c1. The van der Waals surface area contributed by atoms with E-state index in [1.165, 1.54) is 37.3 Å². The van der Waals surface area contributed by atoms with Crippen LogP contribution in [0, 0.1) is 5.82 Å². The van der Waals surface area contributed by atoms with Crippen molar-refractivity contribution in [3.63, 3.8) is 0 Å². The van der Waals surface area contributed by atoms with Gasteiger partial charge in [-0.3, -0.25) is 14.4 Å². The Hall–Kier alpha value is -4.21. The van der Waals surface area contributed by atoms with Gasteiger partial charge in [0.15, 0.2) is 12.4 Å². The molecule has 6 nitrogen and oxygen atoms in total. The number of amides is 2. The quantitative estimate of drug-likeness (QED) is 0.359. The average Bonchev–Trinajstić information content (AvgIpc) is 2.78. The second-order valence-electron chi connectivity index (χ2n) is 7.11. The number of Topliss-reactive ketones (excluding diaryl/α,β-unsaturated/α-hetero) is 1. The summed E-state index contributed by atoms with van der Waals surface area (Å²) in [6.45, 7) is 0.747. The van der Waals surface area contributed by atoms with Gasteiger partial charge in [0.05, 0.1) is 16.8 Å². The van der Waals surface area contributed by atoms with E-state index < -0.39 is 41.7 Å². The minimum Gasteiger partial charge on any atom is -0.484 e. The van der Waals surface area contributed by atoms with Crippen LogP contribution in [0.1, 0.15) is 33.2 Å². The molecule has 3 rings (SSSR count). The fraction of sp³-hybridized carbons (Fsp3) is 0.125. The molecule has 3 aromatic rings. The first-order chi connectivity index (χ1) is 16.0. The number of rotatable bonds is 7. The Kier molecular flexibility index (Phi) is 7.30. The summed E-state index contributed by atoms with van der Waals surface area (Å²) in [6, 6.07) is 13.8. The molecule has 2 N–H and O–H groups in total. The molecule has 0 aliphatic rings. The molecule has 0 aromatic heterocycles. The molecule has 0 unspecified atom stereocenters. The second-order valence-corrected chi connectivity index (χ2v) is 7.11. The summed E-state index contributed by atoms with van der Waals surface area (Å²) in [5.41, 5.74) is -1.99. The summed E-state index contributed by atoms with van der Waals surface area (Å²) in [4.78, 5) is 35.8. The highest BCUT2D eigenvalue weighted by Crippen LogP contribution is 2.36. The van der Waals surface area contributed by atoms with Gasteiger partial charge in [0.2, 0.25) is 0 Å². The van der Waals surface area contributed by atoms with E-state index in [-0.39, 0.29) is 22.8 Å². The molecular formula is C24H18F4N2O4. The van der Waals surface area contributed by atoms with E-state index in [2.05, 4.69) is 10.6 Å². The Morgan fingerprint density at radius 2 is 1.65 bits per heavy atom. The molecule has 2 amide bonds. The normalized spacial score (nSPS) is 11.0. The molecule has 0 bridgehead atoms. The predicted molar refractivity (Wildman–Crippen MR) is 116 cm³/mol. The smallest absolute Gasteiger partial charge is 0.418 e. The fourth-order valence-electron chi connectivity index (χ4n) is 2.95. The monoisotopic (exact) mass is 474 g/mol. The average molecular weight is 474 g/mol. The number of ether oxygens (including phenoxy) is 1. The molecule has 3 aromatic carbocycles. The molecule has 0 fully saturated rings. The van der Waals surface area contributed by atoms with Crippen LogP contribution in [0.4, 0.5) is 28.9 Å². The molecule has 0 atom stereocenters. The van der Waals surface area contributed by atoms with Crippen LogP contribution < -0.4 is 15.4 Å². The van der Waals surface area contributed by atoms with Gasteiger partial charge in [0.25, 0.3) is 11.8 Å². The molecule has 0 spiro atoms. The number of anilines is 2. The maximum Gasteiger partial charge on any atom is 0.418 e. The van der Waals surface area contributed by atoms with Crippen molar-refractivity contribution < 1.29 is 36.7 Å². The van der Waals surface area contributed by atoms with E-state index in [1.807, 2.05) is 0 Å². The topological polar surface area (TPSA) is 84.5 Å². The lowest BCUT2D eigenvalue weighted by atomic mass is 10.1. The predicted octanol–water partition coefficient (Wildman–Crippen LogP) is 5.32. The highest BCUT2D eigenvalue weighted by Gasteiger charge is 2.34. The van der Waals surface area contributed by atoms with Gasteiger partial charge in [-0.1, -0.05) is 24.3 Å². The van der Waals surface area contributed by atoms with E-state index in [4.69, 9.17) is 4.74 Å². The molecular weight excluding hydrogens is 456 g/mol. The number of nitrogens with one attached hydrogen (secondary N) is 2. The zero-order chi connectivity index (χ0) is 24.9. The summed E-state index contributed by atoms with van der Waals surface area (Å²) < 4.78 is 59.8. The van der Waals surface area contributed by atoms with Crippen LogP contribution in [-0.4, -0.2) is 24.2 Å². The number of carbonyl (C=O) groups is 3. The van der Waals surface area contributed by atoms with Gasteiger partial charge in [0.1, 0.15) is 11.6 Å². The van der Waals surface area contributed by atoms with Crippen LogP contribution in [-0.2, 0) is 11.0 Å². The largest absolute Gasteiger partial charge is 0.484 e. The van der Waals surface area contributed by atoms with Crippen LogP contribution >= 0.6 is 0 Å². The molecule has 0 aliphatic carbocycles. The first-order valence-electron chi connectivity index (χ1n) is 9.85. The third-order valence-electron chi connectivity index (χ3n) is 4.59. The molecule has 0 heterocycles. The maximum absolute atomic E-state index is 13.8. The maximum atomic E-state index is 13.8. The Morgan fingerprint density at radius 1 is 0.912 bits per heavy atom. The van der Waals surface area contributed by atoms with Gasteiger partial charge in [-0.2, -0.15) is 13.2 Å². The molecule has 0 saturated heterocycles. The number of halogens is 4. The molecule has 0 radical (unpaired) electrons. The Bertz CT molecular complexity index is 1240. The van der Waals surface area contributed by atoms with Crippen LogP contribution in [0.3, 0.4) is 0 Å². The van der Waals surface area contributed by atoms with Crippen molar-refractivity contribution in [1.29, 1.82) is 0 Å². The molecule has 0 saturated carbocycles. The summed E-state index contributed by atoms with van der Waals surface area (Å²) in [7, 11) is 0. The summed E-state index contributed by atoms with van der Waals surface area (Å²) in [6.07, 6.45) is -4.86. The highest BCUT2D eigenvalue weighted by molar-refractivity contribution is 6.04. The zero-order valence-electron chi connectivity index (χ0n) is 17.7. The fourth-order valence-corrected chi connectivity index (χ4v) is 2.95. The van der Waals surface area contributed by atoms with Gasteiger partial charge in [-0.15, -0.1) is 0 Å². The first kappa shape index (κ1) is 24.4. The summed E-state index contributed by atoms with van der Waals surface area (Å²) in [5.74, 6) is -2.64. The third-order valence-corrected chi connectivity index (χ3v) is 4.59. The van der Waals surface area contributed by atoms with Gasteiger partial charge >= 0.3 is 6.18 Å². The van der Waals surface area contributed by atoms with Crippen molar-refractivity contribution in [3.05, 3.63) is 89.2 Å². The second kappa shape index (κ2) is 10.2. The Balaban J connectivity index is 1.73. The number of hydrogen-bond donors (Lipinski definition) is 2. The van der Waals surface area contributed by atoms with Crippen molar-refractivity contribution in [2.75, 3.05) is 17.2 Å². The molecule has 10 heteroatoms. The van der Waals surface area contributed by atoms with Gasteiger partial charge in [-0.05, 0) is 49.4 Å². The van der Waals surface area contributed by atoms with E-state index in [0.29, 0.717) is 11.6 Å². The Morgan fingerprint density at radius 3 is 2.32 bits per heavy atom. The molecule has 0 aliphatic heterocycles. The van der Waals surface area contributed by atoms with Gasteiger partial charge < -0.3 is 15.4 Å². The number of alkyl halides is 3. The number of hydrogen-bond acceptors (Lipinski definition) is 4. The van der Waals surface area contributed by atoms with Crippen LogP contribution in [0.5, 0.6) is 5.75 Å². The van der Waals surface area contributed by atoms with Crippen LogP contribution in [0.15, 0.2) is 66.7 Å². The molecule has 176 valence electrons. The lowest BCUT2D eigenvalue weighted by Crippen LogP contribution is -2.23. The van der Waals surface area contributed by atoms with Crippen molar-refractivity contribution in [1.82, 2.24) is 0 Å². The highest BCUT2D eigenvalue weighted by atomic mass is 19.4. The minimum atomic E-state index is -4.86. The number of ketones is 1. The van der Waals surface area contributed by atoms with E-state index in [9.17, 15) is 31.9 Å². The standard InChI is InChI=1S/C24H18F4N2O4/c1-14(31)15-5-4-6-17(11-15)34-13-22(32)30-21-10-9-16(12-19(21)24(26,27)28)29-23(33)18-7-2-3-8-20(18)25/h2-12H,13H2,1H3,(H,29,33)(H,30,32). The lowest BCUT2D eigenvalue weighted by Gasteiger charge is -2.16. The van der Waals surface area contributed by atoms with E-state index in [0.717, 1.165) is 18.2 Å². The lowest BCUT2D eigenvalue weighted by molar-refractivity contribution is -0.137. The van der Waals surface area contributed by atoms with Gasteiger partial charge in [-0.25, -0.2) is 4.39 Å². The Labute approximate surface area is 191 Å². The molecule has 34 heavy (non-hydrogen) atoms. The van der Waals surface area contributed by atoms with Crippen LogP contribution in [0.2, 0.25) is 0 Å². The van der Waals surface area contributed by atoms with Crippen molar-refractivity contribution in [2.24, 2.45) is 0 Å². The first-order valence-corrected chi connectivity index (χ1v) is 9.85. The van der Waals surface area contributed by atoms with Gasteiger partial charge in [0, 0.05) is 11.3 Å². The van der Waals surface area contributed by atoms with Crippen molar-refractivity contribution >= 4 is 29.0 Å².